The summed E-state index contributed by atoms with van der Waals surface area (Å²) < 4.78 is 16.0. The summed E-state index contributed by atoms with van der Waals surface area (Å²) in [5.41, 5.74) is 1.17. The maximum absolute atomic E-state index is 13.8. The van der Waals surface area contributed by atoms with Crippen LogP contribution in [0.2, 0.25) is 0 Å². The second-order valence-electron chi connectivity index (χ2n) is 8.23. The summed E-state index contributed by atoms with van der Waals surface area (Å²) in [5, 5.41) is 11.8. The summed E-state index contributed by atoms with van der Waals surface area (Å²) >= 11 is 2.10. The normalized spacial score (nSPS) is 15.1. The van der Waals surface area contributed by atoms with Crippen LogP contribution in [0.15, 0.2) is 42.2 Å². The number of hydrogen-bond acceptors (Lipinski definition) is 11. The molecule has 0 spiro atoms. The quantitative estimate of drug-likeness (QED) is 0.228. The maximum atomic E-state index is 13.8. The van der Waals surface area contributed by atoms with Crippen LogP contribution >= 0.6 is 22.7 Å². The van der Waals surface area contributed by atoms with Crippen LogP contribution in [0.1, 0.15) is 47.3 Å². The minimum Gasteiger partial charge on any atom is -0.503 e. The molecule has 10 nitrogen and oxygen atoms in total. The van der Waals surface area contributed by atoms with E-state index >= 15 is 0 Å². The van der Waals surface area contributed by atoms with Gasteiger partial charge < -0.3 is 19.3 Å². The minimum absolute atomic E-state index is 0.121. The summed E-state index contributed by atoms with van der Waals surface area (Å²) in [6.45, 7) is 8.96. The number of anilines is 1. The van der Waals surface area contributed by atoms with Gasteiger partial charge in [-0.1, -0.05) is 30.1 Å². The van der Waals surface area contributed by atoms with Gasteiger partial charge in [-0.05, 0) is 38.5 Å². The number of amides is 1. The molecule has 38 heavy (non-hydrogen) atoms. The van der Waals surface area contributed by atoms with E-state index in [0.29, 0.717) is 38.3 Å². The molecule has 3 aromatic rings. The van der Waals surface area contributed by atoms with Crippen molar-refractivity contribution in [1.29, 1.82) is 0 Å². The fraction of sp³-hybridized carbons (Fsp3) is 0.269. The van der Waals surface area contributed by atoms with Gasteiger partial charge in [0.2, 0.25) is 5.78 Å². The van der Waals surface area contributed by atoms with Crippen LogP contribution in [0.5, 0.6) is 11.5 Å². The highest BCUT2D eigenvalue weighted by atomic mass is 32.1. The van der Waals surface area contributed by atoms with E-state index in [2.05, 4.69) is 16.5 Å². The fourth-order valence-corrected chi connectivity index (χ4v) is 5.99. The molecule has 4 rings (SSSR count). The number of hydrogen-bond donors (Lipinski definition) is 1. The molecule has 0 fully saturated rings. The summed E-state index contributed by atoms with van der Waals surface area (Å²) in [6.07, 6.45) is 1.59. The Morgan fingerprint density at radius 2 is 1.82 bits per heavy atom. The molecule has 1 aliphatic heterocycles. The summed E-state index contributed by atoms with van der Waals surface area (Å²) in [4.78, 5) is 50.0. The van der Waals surface area contributed by atoms with Crippen LogP contribution in [0.25, 0.3) is 0 Å². The van der Waals surface area contributed by atoms with E-state index in [1.54, 1.807) is 45.0 Å². The third-order valence-electron chi connectivity index (χ3n) is 5.78. The number of esters is 1. The average Bonchev–Trinajstić information content (AvgIpc) is 3.53. The number of nitrogens with zero attached hydrogens (tertiary/aromatic N) is 3. The molecule has 2 aromatic heterocycles. The highest BCUT2D eigenvalue weighted by Crippen LogP contribution is 2.46. The van der Waals surface area contributed by atoms with Gasteiger partial charge in [0.05, 0.1) is 47.1 Å². The van der Waals surface area contributed by atoms with Crippen LogP contribution in [-0.2, 0) is 9.53 Å². The number of ether oxygens (including phenoxy) is 3. The van der Waals surface area contributed by atoms with Crippen LogP contribution in [-0.4, -0.2) is 53.6 Å². The minimum atomic E-state index is -1.07. The Hall–Kier alpha value is -4.03. The van der Waals surface area contributed by atoms with Gasteiger partial charge in [0.15, 0.2) is 22.4 Å². The smallest absolute Gasteiger partial charge is 0.350 e. The Morgan fingerprint density at radius 1 is 1.11 bits per heavy atom. The topological polar surface area (TPSA) is 128 Å². The highest BCUT2D eigenvalue weighted by molar-refractivity contribution is 7.17. The zero-order valence-corrected chi connectivity index (χ0v) is 23.0. The molecule has 1 atom stereocenters. The number of methoxy groups -OCH3 is 2. The number of aromatic nitrogens is 2. The van der Waals surface area contributed by atoms with Crippen molar-refractivity contribution in [2.45, 2.75) is 26.8 Å². The van der Waals surface area contributed by atoms with Crippen molar-refractivity contribution in [3.8, 4) is 11.5 Å². The van der Waals surface area contributed by atoms with Crippen molar-refractivity contribution in [3.05, 3.63) is 73.9 Å². The van der Waals surface area contributed by atoms with Gasteiger partial charge in [-0.15, -0.1) is 11.3 Å². The monoisotopic (exact) mass is 555 g/mol. The third kappa shape index (κ3) is 4.68. The lowest BCUT2D eigenvalue weighted by Crippen LogP contribution is -2.31. The second-order valence-corrected chi connectivity index (χ2v) is 10.4. The molecule has 0 aliphatic carbocycles. The van der Waals surface area contributed by atoms with E-state index in [4.69, 9.17) is 14.2 Å². The number of aliphatic hydroxyl groups is 1. The zero-order valence-electron chi connectivity index (χ0n) is 21.4. The lowest BCUT2D eigenvalue weighted by Gasteiger charge is -2.25. The van der Waals surface area contributed by atoms with Gasteiger partial charge in [0.1, 0.15) is 11.5 Å². The Labute approximate surface area is 226 Å². The molecular formula is C26H25N3O7S2. The number of rotatable bonds is 9. The molecule has 0 bridgehead atoms. The van der Waals surface area contributed by atoms with Crippen molar-refractivity contribution < 1.29 is 33.7 Å². The molecule has 0 saturated heterocycles. The maximum Gasteiger partial charge on any atom is 0.350 e. The van der Waals surface area contributed by atoms with Crippen LogP contribution in [0.3, 0.4) is 0 Å². The predicted octanol–water partition coefficient (Wildman–Crippen LogP) is 4.67. The lowest BCUT2D eigenvalue weighted by atomic mass is 9.95. The SMILES string of the molecule is C=CCOc1ccc(C2C(C(=O)c3sc(C)nc3C)=C(O)C(=O)N2c2nc(C)c(C(=O)OC)s2)cc1OC. The first-order chi connectivity index (χ1) is 18.1. The number of aliphatic hydroxyl groups excluding tert-OH is 1. The number of ketones is 1. The van der Waals surface area contributed by atoms with Crippen molar-refractivity contribution in [2.24, 2.45) is 0 Å². The number of aryl methyl sites for hydroxylation is 3. The average molecular weight is 556 g/mol. The van der Waals surface area contributed by atoms with Crippen molar-refractivity contribution >= 4 is 45.5 Å². The molecule has 3 heterocycles. The van der Waals surface area contributed by atoms with Crippen molar-refractivity contribution in [1.82, 2.24) is 9.97 Å². The Kier molecular flexibility index (Phi) is 7.65. The van der Waals surface area contributed by atoms with E-state index < -0.39 is 29.5 Å². The molecule has 0 radical (unpaired) electrons. The van der Waals surface area contributed by atoms with Crippen molar-refractivity contribution in [3.63, 3.8) is 0 Å². The van der Waals surface area contributed by atoms with Gasteiger partial charge in [0, 0.05) is 0 Å². The first-order valence-electron chi connectivity index (χ1n) is 11.4. The number of benzene rings is 1. The van der Waals surface area contributed by atoms with Gasteiger partial charge in [-0.25, -0.2) is 14.8 Å². The fourth-order valence-electron chi connectivity index (χ4n) is 4.10. The molecule has 12 heteroatoms. The third-order valence-corrected chi connectivity index (χ3v) is 7.99. The summed E-state index contributed by atoms with van der Waals surface area (Å²) in [5.74, 6) is -1.88. The zero-order chi connectivity index (χ0) is 27.7. The predicted molar refractivity (Wildman–Crippen MR) is 143 cm³/mol. The van der Waals surface area contributed by atoms with Gasteiger partial charge >= 0.3 is 5.97 Å². The standard InChI is InChI=1S/C26H25N3O7S2/c1-7-10-36-16-9-8-15(11-17(16)34-5)19-18(20(30)22-12(2)27-14(4)37-22)21(31)24(32)29(19)26-28-13(3)23(38-26)25(33)35-6/h7-9,11,19,31H,1,10H2,2-6H3. The molecule has 0 saturated carbocycles. The lowest BCUT2D eigenvalue weighted by molar-refractivity contribution is -0.117. The molecule has 1 amide bonds. The first kappa shape index (κ1) is 27.0. The van der Waals surface area contributed by atoms with Gasteiger partial charge in [-0.3, -0.25) is 14.5 Å². The Balaban J connectivity index is 1.90. The molecule has 198 valence electrons. The Morgan fingerprint density at radius 3 is 2.42 bits per heavy atom. The van der Waals surface area contributed by atoms with Gasteiger partial charge in [0.25, 0.3) is 5.91 Å². The second kappa shape index (κ2) is 10.8. The number of Topliss-reactive ketones (excluding diaryl/α,β-unsaturated/α-hetero) is 1. The molecule has 1 unspecified atom stereocenters. The Bertz CT molecular complexity index is 1490. The number of thiazole rings is 2. The van der Waals surface area contributed by atoms with E-state index in [1.165, 1.54) is 30.5 Å². The molecule has 1 aliphatic rings. The molecular weight excluding hydrogens is 530 g/mol. The largest absolute Gasteiger partial charge is 0.503 e. The summed E-state index contributed by atoms with van der Waals surface area (Å²) in [7, 11) is 2.71. The van der Waals surface area contributed by atoms with Crippen LogP contribution in [0.4, 0.5) is 5.13 Å². The van der Waals surface area contributed by atoms with E-state index in [9.17, 15) is 19.5 Å². The first-order valence-corrected chi connectivity index (χ1v) is 13.0. The van der Waals surface area contributed by atoms with Crippen LogP contribution < -0.4 is 14.4 Å². The number of carbonyl (C=O) groups is 3. The van der Waals surface area contributed by atoms with Crippen LogP contribution in [0, 0.1) is 20.8 Å². The summed E-state index contributed by atoms with van der Waals surface area (Å²) in [6, 6.07) is 3.87. The van der Waals surface area contributed by atoms with Gasteiger partial charge in [-0.2, -0.15) is 0 Å². The van der Waals surface area contributed by atoms with E-state index in [0.717, 1.165) is 11.3 Å². The number of carbonyl (C=O) groups excluding carboxylic acids is 3. The highest BCUT2D eigenvalue weighted by Gasteiger charge is 2.47. The molecule has 1 N–H and O–H groups in total. The van der Waals surface area contributed by atoms with E-state index in [1.807, 2.05) is 0 Å². The molecule has 1 aromatic carbocycles. The van der Waals surface area contributed by atoms with Crippen molar-refractivity contribution in [2.75, 3.05) is 25.7 Å². The van der Waals surface area contributed by atoms with E-state index in [-0.39, 0.29) is 22.2 Å².